The van der Waals surface area contributed by atoms with E-state index in [2.05, 4.69) is 11.9 Å². The monoisotopic (exact) mass is 560 g/mol. The number of hydrogen-bond donors (Lipinski definition) is 1. The molecule has 1 aliphatic rings. The first kappa shape index (κ1) is 27.3. The summed E-state index contributed by atoms with van der Waals surface area (Å²) in [5.74, 6) is -1.18. The Hall–Kier alpha value is -4.24. The predicted molar refractivity (Wildman–Crippen MR) is 153 cm³/mol. The lowest BCUT2D eigenvalue weighted by atomic mass is 9.95. The number of hydrogen-bond acceptors (Lipinski definition) is 7. The van der Waals surface area contributed by atoms with E-state index in [1.807, 2.05) is 6.92 Å². The molecular formula is C31H29FN2O5S. The van der Waals surface area contributed by atoms with Gasteiger partial charge in [0.05, 0.1) is 35.0 Å². The number of thiazole rings is 1. The van der Waals surface area contributed by atoms with E-state index in [-0.39, 0.29) is 16.5 Å². The van der Waals surface area contributed by atoms with Gasteiger partial charge in [0.15, 0.2) is 5.13 Å². The van der Waals surface area contributed by atoms with Crippen LogP contribution in [0.15, 0.2) is 72.3 Å². The van der Waals surface area contributed by atoms with Gasteiger partial charge in [-0.25, -0.2) is 9.37 Å². The number of fused-ring (bicyclic) bond motifs is 1. The number of nitrogens with zero attached hydrogens (tertiary/aromatic N) is 2. The zero-order valence-electron chi connectivity index (χ0n) is 22.2. The largest absolute Gasteiger partial charge is 0.507 e. The number of carbonyl (C=O) groups excluding carboxylic acids is 2. The van der Waals surface area contributed by atoms with E-state index in [0.29, 0.717) is 46.1 Å². The first-order chi connectivity index (χ1) is 19.4. The molecule has 1 fully saturated rings. The van der Waals surface area contributed by atoms with Crippen molar-refractivity contribution in [2.45, 2.75) is 39.2 Å². The standard InChI is InChI=1S/C31H29FN2O5S/c1-3-5-16-39-23-8-6-7-20(17-23)27-26(28(35)19-9-12-22(13-10-19)38-15-4-2)29(36)30(37)34(27)31-33-24-14-11-21(32)18-25(24)40-31/h6-14,17-18,27,35H,3-5,15-16H2,1-2H3/b28-26+. The molecule has 0 radical (unpaired) electrons. The summed E-state index contributed by atoms with van der Waals surface area (Å²) in [5.41, 5.74) is 1.38. The van der Waals surface area contributed by atoms with Crippen LogP contribution >= 0.6 is 11.3 Å². The number of amides is 1. The van der Waals surface area contributed by atoms with Crippen LogP contribution in [-0.2, 0) is 9.59 Å². The topological polar surface area (TPSA) is 89.0 Å². The molecule has 3 aromatic carbocycles. The molecule has 1 saturated heterocycles. The average Bonchev–Trinajstić information content (AvgIpc) is 3.49. The number of Topliss-reactive ketones (excluding diaryl/α,β-unsaturated/α-hetero) is 1. The van der Waals surface area contributed by atoms with Crippen LogP contribution in [0.5, 0.6) is 11.5 Å². The van der Waals surface area contributed by atoms with Crippen LogP contribution in [0.4, 0.5) is 9.52 Å². The summed E-state index contributed by atoms with van der Waals surface area (Å²) in [6.45, 7) is 5.15. The summed E-state index contributed by atoms with van der Waals surface area (Å²) in [4.78, 5) is 32.8. The van der Waals surface area contributed by atoms with Crippen molar-refractivity contribution in [1.29, 1.82) is 0 Å². The number of halogens is 1. The Labute approximate surface area is 235 Å². The highest BCUT2D eigenvalue weighted by atomic mass is 32.1. The van der Waals surface area contributed by atoms with Gasteiger partial charge in [0, 0.05) is 5.56 Å². The number of anilines is 1. The maximum absolute atomic E-state index is 13.9. The summed E-state index contributed by atoms with van der Waals surface area (Å²) in [7, 11) is 0. The van der Waals surface area contributed by atoms with Gasteiger partial charge in [0.25, 0.3) is 5.78 Å². The van der Waals surface area contributed by atoms with Crippen LogP contribution in [0.25, 0.3) is 16.0 Å². The number of rotatable bonds is 10. The molecule has 4 aromatic rings. The van der Waals surface area contributed by atoms with Gasteiger partial charge in [-0.05, 0) is 73.0 Å². The van der Waals surface area contributed by atoms with Gasteiger partial charge in [-0.15, -0.1) is 0 Å². The summed E-state index contributed by atoms with van der Waals surface area (Å²) in [6.07, 6.45) is 2.70. The van der Waals surface area contributed by atoms with Crippen LogP contribution in [0.2, 0.25) is 0 Å². The van der Waals surface area contributed by atoms with Crippen molar-refractivity contribution in [2.75, 3.05) is 18.1 Å². The number of aliphatic hydroxyl groups excluding tert-OH is 1. The normalized spacial score (nSPS) is 16.6. The molecule has 1 aromatic heterocycles. The molecule has 0 spiro atoms. The maximum Gasteiger partial charge on any atom is 0.301 e. The van der Waals surface area contributed by atoms with E-state index in [4.69, 9.17) is 9.47 Å². The smallest absolute Gasteiger partial charge is 0.301 e. The highest BCUT2D eigenvalue weighted by Crippen LogP contribution is 2.45. The second-order valence-electron chi connectivity index (χ2n) is 9.42. The number of aromatic nitrogens is 1. The highest BCUT2D eigenvalue weighted by Gasteiger charge is 2.48. The first-order valence-corrected chi connectivity index (χ1v) is 14.1. The fourth-order valence-electron chi connectivity index (χ4n) is 4.53. The molecule has 0 saturated carbocycles. The Bertz CT molecular complexity index is 1580. The lowest BCUT2D eigenvalue weighted by Gasteiger charge is -2.23. The van der Waals surface area contributed by atoms with E-state index >= 15 is 0 Å². The minimum Gasteiger partial charge on any atom is -0.507 e. The molecule has 5 rings (SSSR count). The number of benzene rings is 3. The molecule has 40 heavy (non-hydrogen) atoms. The molecular weight excluding hydrogens is 531 g/mol. The lowest BCUT2D eigenvalue weighted by Crippen LogP contribution is -2.29. The van der Waals surface area contributed by atoms with Crippen LogP contribution in [-0.4, -0.2) is 35.0 Å². The Balaban J connectivity index is 1.63. The quantitative estimate of drug-likeness (QED) is 0.0970. The minimum absolute atomic E-state index is 0.0663. The van der Waals surface area contributed by atoms with E-state index < -0.39 is 23.5 Å². The van der Waals surface area contributed by atoms with Gasteiger partial charge in [-0.2, -0.15) is 0 Å². The van der Waals surface area contributed by atoms with Crippen molar-refractivity contribution in [2.24, 2.45) is 0 Å². The van der Waals surface area contributed by atoms with Gasteiger partial charge in [-0.3, -0.25) is 14.5 Å². The van der Waals surface area contributed by atoms with Gasteiger partial charge >= 0.3 is 5.91 Å². The van der Waals surface area contributed by atoms with Crippen LogP contribution in [0, 0.1) is 5.82 Å². The van der Waals surface area contributed by atoms with Crippen molar-refractivity contribution in [1.82, 2.24) is 4.98 Å². The number of carbonyl (C=O) groups is 2. The van der Waals surface area contributed by atoms with Crippen LogP contribution in [0.1, 0.15) is 50.3 Å². The Morgan fingerprint density at radius 2 is 1.75 bits per heavy atom. The molecule has 7 nitrogen and oxygen atoms in total. The molecule has 0 aliphatic carbocycles. The fourth-order valence-corrected chi connectivity index (χ4v) is 5.54. The molecule has 0 bridgehead atoms. The molecule has 9 heteroatoms. The number of aliphatic hydroxyl groups is 1. The van der Waals surface area contributed by atoms with Crippen molar-refractivity contribution in [3.05, 3.63) is 89.2 Å². The van der Waals surface area contributed by atoms with Gasteiger partial charge in [0.1, 0.15) is 23.1 Å². The predicted octanol–water partition coefficient (Wildman–Crippen LogP) is 7.03. The molecule has 1 aliphatic heterocycles. The Morgan fingerprint density at radius 3 is 2.50 bits per heavy atom. The van der Waals surface area contributed by atoms with Crippen molar-refractivity contribution in [3.63, 3.8) is 0 Å². The lowest BCUT2D eigenvalue weighted by molar-refractivity contribution is -0.132. The van der Waals surface area contributed by atoms with Crippen LogP contribution < -0.4 is 14.4 Å². The van der Waals surface area contributed by atoms with E-state index in [1.54, 1.807) is 48.5 Å². The van der Waals surface area contributed by atoms with Gasteiger partial charge < -0.3 is 14.6 Å². The number of ketones is 1. The zero-order chi connectivity index (χ0) is 28.2. The van der Waals surface area contributed by atoms with Crippen LogP contribution in [0.3, 0.4) is 0 Å². The van der Waals surface area contributed by atoms with Gasteiger partial charge in [0.2, 0.25) is 0 Å². The first-order valence-electron chi connectivity index (χ1n) is 13.2. The third kappa shape index (κ3) is 5.42. The molecule has 206 valence electrons. The molecule has 2 heterocycles. The SMILES string of the molecule is CCCCOc1cccc(C2/C(=C(\O)c3ccc(OCCC)cc3)C(=O)C(=O)N2c2nc3ccc(F)cc3s2)c1. The average molecular weight is 561 g/mol. The summed E-state index contributed by atoms with van der Waals surface area (Å²) in [5, 5.41) is 11.7. The maximum atomic E-state index is 13.9. The summed E-state index contributed by atoms with van der Waals surface area (Å²) < 4.78 is 26.0. The third-order valence-electron chi connectivity index (χ3n) is 6.53. The van der Waals surface area contributed by atoms with Crippen molar-refractivity contribution < 1.29 is 28.6 Å². The highest BCUT2D eigenvalue weighted by molar-refractivity contribution is 7.22. The summed E-state index contributed by atoms with van der Waals surface area (Å²) in [6, 6.07) is 17.0. The van der Waals surface area contributed by atoms with E-state index in [1.165, 1.54) is 23.1 Å². The zero-order valence-corrected chi connectivity index (χ0v) is 23.0. The molecule has 1 amide bonds. The van der Waals surface area contributed by atoms with E-state index in [9.17, 15) is 19.1 Å². The minimum atomic E-state index is -0.976. The Kier molecular flexibility index (Phi) is 8.11. The molecule has 1 N–H and O–H groups in total. The molecule has 1 atom stereocenters. The van der Waals surface area contributed by atoms with Crippen molar-refractivity contribution in [3.8, 4) is 11.5 Å². The second kappa shape index (κ2) is 11.9. The van der Waals surface area contributed by atoms with Gasteiger partial charge in [-0.1, -0.05) is 43.7 Å². The van der Waals surface area contributed by atoms with E-state index in [0.717, 1.165) is 30.6 Å². The van der Waals surface area contributed by atoms with Crippen molar-refractivity contribution >= 4 is 44.1 Å². The number of unbranched alkanes of at least 4 members (excludes halogenated alkanes) is 1. The third-order valence-corrected chi connectivity index (χ3v) is 7.55. The number of ether oxygens (including phenoxy) is 2. The Morgan fingerprint density at radius 1 is 0.975 bits per heavy atom. The summed E-state index contributed by atoms with van der Waals surface area (Å²) >= 11 is 1.10. The fraction of sp³-hybridized carbons (Fsp3) is 0.258. The molecule has 1 unspecified atom stereocenters. The second-order valence-corrected chi connectivity index (χ2v) is 10.4.